The Morgan fingerprint density at radius 3 is 2.68 bits per heavy atom. The van der Waals surface area contributed by atoms with Crippen LogP contribution in [-0.4, -0.2) is 69.1 Å². The molecule has 1 aliphatic carbocycles. The normalized spacial score (nSPS) is 18.5. The molecule has 8 nitrogen and oxygen atoms in total. The lowest BCUT2D eigenvalue weighted by atomic mass is 9.97. The molecule has 2 aromatic carbocycles. The summed E-state index contributed by atoms with van der Waals surface area (Å²) >= 11 is 0. The Labute approximate surface area is 218 Å². The number of hydrogen-bond acceptors (Lipinski definition) is 6. The number of hydrogen-bond donors (Lipinski definition) is 1. The van der Waals surface area contributed by atoms with Crippen molar-refractivity contribution >= 4 is 29.5 Å². The third-order valence-corrected chi connectivity index (χ3v) is 6.52. The number of carbonyl (C=O) groups excluding carboxylic acids is 3. The molecular formula is C29H35N3O5. The Kier molecular flexibility index (Phi) is 8.61. The van der Waals surface area contributed by atoms with E-state index in [1.807, 2.05) is 56.6 Å². The number of cyclic esters (lactones) is 1. The summed E-state index contributed by atoms with van der Waals surface area (Å²) in [5, 5.41) is 2.68. The SMILES string of the molecule is CC(=O)NCC1CN(c2ccc3c(c2)CCCC(=Cc2ccc(OCCCN(C)C)cc2)C3=O)C(=O)O1. The predicted octanol–water partition coefficient (Wildman–Crippen LogP) is 4.08. The van der Waals surface area contributed by atoms with Gasteiger partial charge in [0.2, 0.25) is 5.91 Å². The van der Waals surface area contributed by atoms with E-state index in [9.17, 15) is 14.4 Å². The Balaban J connectivity index is 1.43. The van der Waals surface area contributed by atoms with Crippen molar-refractivity contribution in [3.63, 3.8) is 0 Å². The lowest BCUT2D eigenvalue weighted by molar-refractivity contribution is -0.119. The number of benzene rings is 2. The molecule has 1 heterocycles. The van der Waals surface area contributed by atoms with Crippen LogP contribution in [0.25, 0.3) is 6.08 Å². The summed E-state index contributed by atoms with van der Waals surface area (Å²) in [7, 11) is 4.09. The molecule has 1 N–H and O–H groups in total. The van der Waals surface area contributed by atoms with Crippen LogP contribution in [0, 0.1) is 0 Å². The van der Waals surface area contributed by atoms with E-state index in [0.717, 1.165) is 48.3 Å². The van der Waals surface area contributed by atoms with Crippen molar-refractivity contribution in [3.05, 3.63) is 64.7 Å². The molecule has 37 heavy (non-hydrogen) atoms. The maximum absolute atomic E-state index is 13.4. The van der Waals surface area contributed by atoms with Gasteiger partial charge in [-0.15, -0.1) is 0 Å². The fourth-order valence-electron chi connectivity index (χ4n) is 4.60. The molecule has 0 saturated carbocycles. The second kappa shape index (κ2) is 12.1. The second-order valence-corrected chi connectivity index (χ2v) is 9.82. The Bertz CT molecular complexity index is 1170. The van der Waals surface area contributed by atoms with Crippen molar-refractivity contribution in [2.75, 3.05) is 45.2 Å². The second-order valence-electron chi connectivity index (χ2n) is 9.82. The highest BCUT2D eigenvalue weighted by Gasteiger charge is 2.33. The number of ketones is 1. The van der Waals surface area contributed by atoms with Crippen LogP contribution in [0.5, 0.6) is 5.75 Å². The number of rotatable bonds is 9. The summed E-state index contributed by atoms with van der Waals surface area (Å²) in [4.78, 5) is 40.7. The minimum absolute atomic E-state index is 0.0237. The molecule has 2 aromatic rings. The van der Waals surface area contributed by atoms with Gasteiger partial charge in [0.1, 0.15) is 11.9 Å². The molecule has 1 unspecified atom stereocenters. The van der Waals surface area contributed by atoms with Crippen LogP contribution in [0.4, 0.5) is 10.5 Å². The van der Waals surface area contributed by atoms with Crippen LogP contribution in [0.1, 0.15) is 47.7 Å². The first kappa shape index (κ1) is 26.4. The van der Waals surface area contributed by atoms with Crippen LogP contribution in [0.2, 0.25) is 0 Å². The molecule has 1 aliphatic heterocycles. The number of Topliss-reactive ketones (excluding diaryl/α,β-unsaturated/α-hetero) is 1. The third-order valence-electron chi connectivity index (χ3n) is 6.52. The molecule has 4 rings (SSSR count). The van der Waals surface area contributed by atoms with E-state index in [0.29, 0.717) is 30.8 Å². The van der Waals surface area contributed by atoms with Gasteiger partial charge in [-0.25, -0.2) is 4.79 Å². The van der Waals surface area contributed by atoms with Crippen LogP contribution in [0.15, 0.2) is 48.0 Å². The summed E-state index contributed by atoms with van der Waals surface area (Å²) < 4.78 is 11.2. The Morgan fingerprint density at radius 2 is 1.95 bits per heavy atom. The van der Waals surface area contributed by atoms with Gasteiger partial charge in [0, 0.05) is 30.3 Å². The van der Waals surface area contributed by atoms with Gasteiger partial charge in [-0.2, -0.15) is 0 Å². The topological polar surface area (TPSA) is 88.2 Å². The molecule has 1 atom stereocenters. The molecule has 1 fully saturated rings. The number of nitrogens with one attached hydrogen (secondary N) is 1. The Morgan fingerprint density at radius 1 is 1.16 bits per heavy atom. The summed E-state index contributed by atoms with van der Waals surface area (Å²) in [6, 6.07) is 13.4. The molecule has 0 bridgehead atoms. The summed E-state index contributed by atoms with van der Waals surface area (Å²) in [5.74, 6) is 0.683. The number of aryl methyl sites for hydroxylation is 1. The number of amides is 2. The quantitative estimate of drug-likeness (QED) is 0.314. The zero-order valence-corrected chi connectivity index (χ0v) is 21.8. The fourth-order valence-corrected chi connectivity index (χ4v) is 4.60. The van der Waals surface area contributed by atoms with Gasteiger partial charge < -0.3 is 19.7 Å². The Hall–Kier alpha value is -3.65. The van der Waals surface area contributed by atoms with E-state index in [1.165, 1.54) is 6.92 Å². The van der Waals surface area contributed by atoms with Gasteiger partial charge in [-0.05, 0) is 87.3 Å². The summed E-state index contributed by atoms with van der Waals surface area (Å²) in [6.45, 7) is 3.71. The zero-order valence-electron chi connectivity index (χ0n) is 21.8. The largest absolute Gasteiger partial charge is 0.494 e. The molecular weight excluding hydrogens is 470 g/mol. The molecule has 8 heteroatoms. The van der Waals surface area contributed by atoms with Gasteiger partial charge in [-0.3, -0.25) is 14.5 Å². The number of nitrogens with zero attached hydrogens (tertiary/aromatic N) is 2. The van der Waals surface area contributed by atoms with E-state index in [4.69, 9.17) is 9.47 Å². The van der Waals surface area contributed by atoms with E-state index in [2.05, 4.69) is 10.2 Å². The zero-order chi connectivity index (χ0) is 26.4. The van der Waals surface area contributed by atoms with Crippen molar-refractivity contribution in [2.24, 2.45) is 0 Å². The number of fused-ring (bicyclic) bond motifs is 1. The maximum atomic E-state index is 13.4. The highest BCUT2D eigenvalue weighted by atomic mass is 16.6. The number of allylic oxidation sites excluding steroid dienone is 1. The molecule has 0 radical (unpaired) electrons. The van der Waals surface area contributed by atoms with Gasteiger partial charge >= 0.3 is 6.09 Å². The van der Waals surface area contributed by atoms with Crippen LogP contribution < -0.4 is 15.0 Å². The third kappa shape index (κ3) is 6.98. The monoisotopic (exact) mass is 505 g/mol. The van der Waals surface area contributed by atoms with Gasteiger partial charge in [0.05, 0.1) is 19.7 Å². The highest BCUT2D eigenvalue weighted by molar-refractivity contribution is 6.12. The van der Waals surface area contributed by atoms with E-state index < -0.39 is 12.2 Å². The van der Waals surface area contributed by atoms with Crippen molar-refractivity contribution in [1.29, 1.82) is 0 Å². The first-order chi connectivity index (χ1) is 17.8. The first-order valence-electron chi connectivity index (χ1n) is 12.8. The maximum Gasteiger partial charge on any atom is 0.414 e. The van der Waals surface area contributed by atoms with Gasteiger partial charge in [0.15, 0.2) is 5.78 Å². The smallest absolute Gasteiger partial charge is 0.414 e. The minimum Gasteiger partial charge on any atom is -0.494 e. The van der Waals surface area contributed by atoms with Crippen molar-refractivity contribution in [1.82, 2.24) is 10.2 Å². The van der Waals surface area contributed by atoms with Crippen molar-refractivity contribution < 1.29 is 23.9 Å². The van der Waals surface area contributed by atoms with Gasteiger partial charge in [-0.1, -0.05) is 12.1 Å². The molecule has 1 saturated heterocycles. The first-order valence-corrected chi connectivity index (χ1v) is 12.8. The minimum atomic E-state index is -0.444. The van der Waals surface area contributed by atoms with Crippen molar-refractivity contribution in [3.8, 4) is 5.75 Å². The lowest BCUT2D eigenvalue weighted by Crippen LogP contribution is -2.33. The van der Waals surface area contributed by atoms with E-state index in [-0.39, 0.29) is 18.2 Å². The standard InChI is InChI=1S/C29H35N3O5/c1-20(33)30-18-26-19-32(29(35)37-26)24-10-13-27-22(17-24)6-4-7-23(28(27)34)16-21-8-11-25(12-9-21)36-15-5-14-31(2)3/h8-13,16-17,26H,4-7,14-15,18-19H2,1-3H3,(H,30,33). The molecule has 196 valence electrons. The van der Waals surface area contributed by atoms with E-state index >= 15 is 0 Å². The molecule has 0 spiro atoms. The van der Waals surface area contributed by atoms with E-state index in [1.54, 1.807) is 11.0 Å². The van der Waals surface area contributed by atoms with Crippen LogP contribution in [0.3, 0.4) is 0 Å². The summed E-state index contributed by atoms with van der Waals surface area (Å²) in [5.41, 5.74) is 4.06. The average molecular weight is 506 g/mol. The number of carbonyl (C=O) groups is 3. The fraction of sp³-hybridized carbons (Fsp3) is 0.414. The van der Waals surface area contributed by atoms with Crippen LogP contribution in [-0.2, 0) is 16.0 Å². The van der Waals surface area contributed by atoms with Crippen molar-refractivity contribution in [2.45, 2.75) is 38.7 Å². The lowest BCUT2D eigenvalue weighted by Gasteiger charge is -2.16. The molecule has 2 amide bonds. The number of ether oxygens (including phenoxy) is 2. The predicted molar refractivity (Wildman–Crippen MR) is 143 cm³/mol. The highest BCUT2D eigenvalue weighted by Crippen LogP contribution is 2.31. The average Bonchev–Trinajstić information content (AvgIpc) is 3.18. The van der Waals surface area contributed by atoms with Crippen LogP contribution >= 0.6 is 0 Å². The van der Waals surface area contributed by atoms with Gasteiger partial charge in [0.25, 0.3) is 0 Å². The summed E-state index contributed by atoms with van der Waals surface area (Å²) in [6.07, 6.45) is 4.37. The molecule has 0 aromatic heterocycles. The molecule has 2 aliphatic rings. The number of anilines is 1.